The first-order chi connectivity index (χ1) is 23.0. The molecule has 5 rings (SSSR count). The third-order valence-electron chi connectivity index (χ3n) is 7.92. The van der Waals surface area contributed by atoms with Crippen LogP contribution in [0, 0.1) is 18.6 Å². The van der Waals surface area contributed by atoms with Crippen LogP contribution < -0.4 is 27.1 Å². The number of nitrogen functional groups attached to an aromatic ring is 1. The lowest BCUT2D eigenvalue weighted by Crippen LogP contribution is -2.23. The number of aromatic amines is 1. The number of amides is 1. The van der Waals surface area contributed by atoms with Crippen LogP contribution in [0.15, 0.2) is 65.0 Å². The van der Waals surface area contributed by atoms with Gasteiger partial charge in [-0.25, -0.2) is 8.78 Å². The number of aryl methyl sites for hydroxylation is 1. The highest BCUT2D eigenvalue weighted by molar-refractivity contribution is 6.31. The van der Waals surface area contributed by atoms with Crippen molar-refractivity contribution >= 4 is 35.6 Å². The Labute approximate surface area is 283 Å². The third-order valence-corrected chi connectivity index (χ3v) is 8.21. The zero-order valence-corrected chi connectivity index (χ0v) is 27.8. The smallest absolute Gasteiger partial charge is 0.248 e. The fraction of sp³-hybridized carbons (Fsp3) is 0.278. The van der Waals surface area contributed by atoms with Crippen molar-refractivity contribution in [1.29, 1.82) is 0 Å². The van der Waals surface area contributed by atoms with Gasteiger partial charge in [-0.3, -0.25) is 19.6 Å². The molecule has 1 amide bonds. The van der Waals surface area contributed by atoms with Gasteiger partial charge in [0.05, 0.1) is 35.2 Å². The summed E-state index contributed by atoms with van der Waals surface area (Å²) in [5.74, 6) is -1.53. The fourth-order valence-electron chi connectivity index (χ4n) is 5.30. The number of nitrogens with two attached hydrogens (primary N) is 2. The van der Waals surface area contributed by atoms with Crippen LogP contribution in [0.4, 0.5) is 14.5 Å². The number of anilines is 1. The number of carbonyl (C=O) groups excluding carboxylic acids is 1. The van der Waals surface area contributed by atoms with Gasteiger partial charge in [-0.15, -0.1) is 0 Å². The Kier molecular flexibility index (Phi) is 12.1. The lowest BCUT2D eigenvalue weighted by molar-refractivity contribution is -0.106. The zero-order chi connectivity index (χ0) is 35.0. The van der Waals surface area contributed by atoms with E-state index in [0.29, 0.717) is 53.1 Å². The summed E-state index contributed by atoms with van der Waals surface area (Å²) in [5.41, 5.74) is 16.4. The molecule has 1 aliphatic carbocycles. The minimum atomic E-state index is -0.840. The number of rotatable bonds is 12. The maximum absolute atomic E-state index is 15.2. The van der Waals surface area contributed by atoms with E-state index in [4.69, 9.17) is 31.8 Å². The van der Waals surface area contributed by atoms with Crippen molar-refractivity contribution in [2.45, 2.75) is 51.5 Å². The fourth-order valence-corrected chi connectivity index (χ4v) is 5.46. The Morgan fingerprint density at radius 1 is 1.23 bits per heavy atom. The van der Waals surface area contributed by atoms with E-state index in [9.17, 15) is 9.18 Å². The Morgan fingerprint density at radius 3 is 2.60 bits per heavy atom. The predicted molar refractivity (Wildman–Crippen MR) is 188 cm³/mol. The molecule has 2 aromatic carbocycles. The summed E-state index contributed by atoms with van der Waals surface area (Å²) in [6, 6.07) is 11.4. The molecular formula is C36H39ClF2N6O3. The van der Waals surface area contributed by atoms with Crippen molar-refractivity contribution in [2.24, 2.45) is 10.7 Å². The van der Waals surface area contributed by atoms with Crippen molar-refractivity contribution in [3.8, 4) is 17.0 Å². The topological polar surface area (TPSA) is 148 Å². The molecule has 6 N–H and O–H groups in total. The molecule has 9 nitrogen and oxygen atoms in total. The number of nitrogens with zero attached hydrogens (tertiary/aromatic N) is 2. The van der Waals surface area contributed by atoms with Crippen LogP contribution in [-0.4, -0.2) is 42.3 Å². The second-order valence-corrected chi connectivity index (χ2v) is 11.8. The summed E-state index contributed by atoms with van der Waals surface area (Å²) < 4.78 is 34.8. The van der Waals surface area contributed by atoms with E-state index in [2.05, 4.69) is 27.6 Å². The van der Waals surface area contributed by atoms with Crippen LogP contribution >= 0.6 is 11.6 Å². The summed E-state index contributed by atoms with van der Waals surface area (Å²) in [6.45, 7) is 8.53. The minimum absolute atomic E-state index is 0.117. The number of aromatic nitrogens is 2. The SMILES string of the molecule is C=C(NCC(c1cc[nH]c(=O)c1)c1cc(C)c(CCC)c(-c2cc(Cl)c(F)cc2F)n1)c1cc(C=NC2CC2)c(N)c(OC)c1.NC=O. The van der Waals surface area contributed by atoms with Crippen LogP contribution in [0.3, 0.4) is 0 Å². The van der Waals surface area contributed by atoms with Gasteiger partial charge in [0.15, 0.2) is 0 Å². The summed E-state index contributed by atoms with van der Waals surface area (Å²) in [4.78, 5) is 33.2. The van der Waals surface area contributed by atoms with Gasteiger partial charge in [0.2, 0.25) is 12.0 Å². The number of halogens is 3. The quantitative estimate of drug-likeness (QED) is 0.0600. The Balaban J connectivity index is 0.00000167. The number of hydrogen-bond acceptors (Lipinski definition) is 7. The number of primary amides is 1. The largest absolute Gasteiger partial charge is 0.495 e. The molecule has 2 heterocycles. The molecule has 1 unspecified atom stereocenters. The lowest BCUT2D eigenvalue weighted by atomic mass is 9.91. The van der Waals surface area contributed by atoms with Crippen LogP contribution in [0.1, 0.15) is 65.6 Å². The number of ether oxygens (including phenoxy) is 1. The molecule has 0 saturated heterocycles. The van der Waals surface area contributed by atoms with Crippen LogP contribution in [-0.2, 0) is 11.2 Å². The zero-order valence-electron chi connectivity index (χ0n) is 27.1. The van der Waals surface area contributed by atoms with Gasteiger partial charge < -0.3 is 26.5 Å². The Hall–Kier alpha value is -5.03. The molecule has 2 aromatic heterocycles. The average molecular weight is 677 g/mol. The highest BCUT2D eigenvalue weighted by Crippen LogP contribution is 2.35. The maximum atomic E-state index is 15.2. The van der Waals surface area contributed by atoms with Crippen LogP contribution in [0.25, 0.3) is 17.0 Å². The summed E-state index contributed by atoms with van der Waals surface area (Å²) in [7, 11) is 1.56. The lowest BCUT2D eigenvalue weighted by Gasteiger charge is -2.23. The van der Waals surface area contributed by atoms with Gasteiger partial charge in [0.1, 0.15) is 17.4 Å². The molecule has 252 valence electrons. The van der Waals surface area contributed by atoms with E-state index in [0.717, 1.165) is 47.6 Å². The molecule has 1 saturated carbocycles. The predicted octanol–water partition coefficient (Wildman–Crippen LogP) is 6.30. The summed E-state index contributed by atoms with van der Waals surface area (Å²) >= 11 is 6.09. The monoisotopic (exact) mass is 676 g/mol. The first kappa shape index (κ1) is 35.8. The van der Waals surface area contributed by atoms with E-state index in [1.54, 1.807) is 25.6 Å². The molecule has 1 atom stereocenters. The maximum Gasteiger partial charge on any atom is 0.248 e. The molecule has 12 heteroatoms. The first-order valence-corrected chi connectivity index (χ1v) is 15.8. The normalized spacial score (nSPS) is 13.0. The molecule has 0 aliphatic heterocycles. The number of nitrogens with one attached hydrogen (secondary N) is 2. The molecule has 0 radical (unpaired) electrons. The van der Waals surface area contributed by atoms with E-state index >= 15 is 4.39 Å². The van der Waals surface area contributed by atoms with Crippen molar-refractivity contribution in [3.05, 3.63) is 116 Å². The van der Waals surface area contributed by atoms with E-state index in [1.807, 2.05) is 32.0 Å². The van der Waals surface area contributed by atoms with Gasteiger partial charge in [0.25, 0.3) is 0 Å². The third kappa shape index (κ3) is 8.65. The van der Waals surface area contributed by atoms with Crippen molar-refractivity contribution < 1.29 is 18.3 Å². The van der Waals surface area contributed by atoms with Crippen LogP contribution in [0.2, 0.25) is 5.02 Å². The average Bonchev–Trinajstić information content (AvgIpc) is 3.88. The standard InChI is InChI=1S/C35H36ClF2N5O2.CH3NO/c1-5-6-25-19(2)11-31(43-35(25)26-15-28(36)30(38)16-29(26)37)27(21-9-10-40-33(44)14-21)18-41-20(3)22-12-23(17-42-24-7-8-24)34(39)32(13-22)45-4;2-1-3/h9-17,24,27,41H,3,5-8,18,39H2,1-2,4H3,(H,40,44);1H,(H2,2,3). The van der Waals surface area contributed by atoms with Gasteiger partial charge >= 0.3 is 0 Å². The number of aliphatic imine (C=N–C) groups is 1. The van der Waals surface area contributed by atoms with Gasteiger partial charge in [0, 0.05) is 59.4 Å². The van der Waals surface area contributed by atoms with E-state index < -0.39 is 17.6 Å². The van der Waals surface area contributed by atoms with Crippen molar-refractivity contribution in [1.82, 2.24) is 15.3 Å². The van der Waals surface area contributed by atoms with Crippen molar-refractivity contribution in [2.75, 3.05) is 19.4 Å². The number of carbonyl (C=O) groups is 1. The van der Waals surface area contributed by atoms with Gasteiger partial charge in [-0.2, -0.15) is 0 Å². The molecule has 48 heavy (non-hydrogen) atoms. The van der Waals surface area contributed by atoms with Gasteiger partial charge in [-0.05, 0) is 73.2 Å². The second-order valence-electron chi connectivity index (χ2n) is 11.4. The molecule has 4 aromatic rings. The minimum Gasteiger partial charge on any atom is -0.495 e. The van der Waals surface area contributed by atoms with E-state index in [-0.39, 0.29) is 22.6 Å². The van der Waals surface area contributed by atoms with Crippen molar-refractivity contribution in [3.63, 3.8) is 0 Å². The van der Waals surface area contributed by atoms with E-state index in [1.165, 1.54) is 12.1 Å². The van der Waals surface area contributed by atoms with Crippen LogP contribution in [0.5, 0.6) is 5.75 Å². The number of hydrogen-bond donors (Lipinski definition) is 4. The number of benzene rings is 2. The highest BCUT2D eigenvalue weighted by Gasteiger charge is 2.23. The summed E-state index contributed by atoms with van der Waals surface area (Å²) in [5, 5.41) is 3.21. The number of methoxy groups -OCH3 is 1. The molecule has 0 bridgehead atoms. The molecular weight excluding hydrogens is 638 g/mol. The highest BCUT2D eigenvalue weighted by atomic mass is 35.5. The molecule has 0 spiro atoms. The van der Waals surface area contributed by atoms with Gasteiger partial charge in [-0.1, -0.05) is 31.5 Å². The second kappa shape index (κ2) is 16.2. The summed E-state index contributed by atoms with van der Waals surface area (Å²) in [6.07, 6.45) is 7.18. The number of pyridine rings is 2. The first-order valence-electron chi connectivity index (χ1n) is 15.4. The molecule has 1 fully saturated rings. The number of H-pyrrole nitrogens is 1. The Bertz CT molecular complexity index is 1890. The molecule has 1 aliphatic rings. The Morgan fingerprint density at radius 2 is 1.96 bits per heavy atom.